The Balaban J connectivity index is 2.39. The Bertz CT molecular complexity index is 589. The van der Waals surface area contributed by atoms with E-state index in [0.29, 0.717) is 0 Å². The van der Waals surface area contributed by atoms with Gasteiger partial charge in [0.25, 0.3) is 0 Å². The third kappa shape index (κ3) is 3.12. The Labute approximate surface area is 123 Å². The fraction of sp³-hybridized carbons (Fsp3) is 0.385. The lowest BCUT2D eigenvalue weighted by Gasteiger charge is -2.21. The van der Waals surface area contributed by atoms with Crippen LogP contribution in [-0.2, 0) is 20.5 Å². The second-order valence-electron chi connectivity index (χ2n) is 4.59. The van der Waals surface area contributed by atoms with Crippen LogP contribution in [0.4, 0.5) is 18.9 Å². The topological polar surface area (TPSA) is 46.6 Å². The number of amides is 1. The molecule has 21 heavy (non-hydrogen) atoms. The van der Waals surface area contributed by atoms with Gasteiger partial charge in [-0.2, -0.15) is 13.2 Å². The van der Waals surface area contributed by atoms with Crippen molar-refractivity contribution in [1.82, 2.24) is 0 Å². The highest BCUT2D eigenvalue weighted by Gasteiger charge is 2.41. The number of carbonyl (C=O) groups excluding carboxylic acids is 2. The van der Waals surface area contributed by atoms with Crippen molar-refractivity contribution in [2.24, 2.45) is 5.92 Å². The van der Waals surface area contributed by atoms with E-state index >= 15 is 0 Å². The largest absolute Gasteiger partial charge is 0.469 e. The molecular formula is C13H11ClF3NO3. The van der Waals surface area contributed by atoms with E-state index in [1.807, 2.05) is 0 Å². The summed E-state index contributed by atoms with van der Waals surface area (Å²) in [6, 6.07) is 3.16. The molecule has 0 aliphatic carbocycles. The van der Waals surface area contributed by atoms with Crippen LogP contribution < -0.4 is 4.90 Å². The van der Waals surface area contributed by atoms with E-state index in [0.717, 1.165) is 17.0 Å². The minimum absolute atomic E-state index is 0.0813. The average molecular weight is 322 g/mol. The summed E-state index contributed by atoms with van der Waals surface area (Å²) in [6.07, 6.45) is -4.82. The van der Waals surface area contributed by atoms with Gasteiger partial charge in [-0.3, -0.25) is 9.59 Å². The van der Waals surface area contributed by atoms with Crippen LogP contribution >= 0.6 is 11.6 Å². The number of hydrogen-bond donors (Lipinski definition) is 0. The summed E-state index contributed by atoms with van der Waals surface area (Å²) in [6.45, 7) is -0.143. The summed E-state index contributed by atoms with van der Waals surface area (Å²) in [5.41, 5.74) is -1.31. The van der Waals surface area contributed by atoms with E-state index in [-0.39, 0.29) is 23.7 Å². The first kappa shape index (κ1) is 15.6. The van der Waals surface area contributed by atoms with Crippen molar-refractivity contribution in [2.75, 3.05) is 18.6 Å². The lowest BCUT2D eigenvalue weighted by atomic mass is 10.1. The predicted molar refractivity (Wildman–Crippen MR) is 68.9 cm³/mol. The second-order valence-corrected chi connectivity index (χ2v) is 5.02. The molecule has 2 rings (SSSR count). The van der Waals surface area contributed by atoms with Gasteiger partial charge in [0.05, 0.1) is 24.3 Å². The molecule has 1 atom stereocenters. The highest BCUT2D eigenvalue weighted by molar-refractivity contribution is 6.30. The molecule has 1 aromatic carbocycles. The van der Waals surface area contributed by atoms with Crippen LogP contribution in [-0.4, -0.2) is 25.5 Å². The fourth-order valence-corrected chi connectivity index (χ4v) is 2.41. The molecule has 1 aliphatic heterocycles. The van der Waals surface area contributed by atoms with Crippen LogP contribution in [0.25, 0.3) is 0 Å². The molecule has 1 aliphatic rings. The van der Waals surface area contributed by atoms with Gasteiger partial charge in [0.15, 0.2) is 0 Å². The van der Waals surface area contributed by atoms with Crippen molar-refractivity contribution in [2.45, 2.75) is 12.6 Å². The molecule has 0 aromatic heterocycles. The summed E-state index contributed by atoms with van der Waals surface area (Å²) < 4.78 is 43.6. The van der Waals surface area contributed by atoms with Gasteiger partial charge in [0.1, 0.15) is 0 Å². The van der Waals surface area contributed by atoms with Crippen LogP contribution in [0.2, 0.25) is 5.02 Å². The normalized spacial score (nSPS) is 19.0. The number of carbonyl (C=O) groups is 2. The van der Waals surface area contributed by atoms with Crippen LogP contribution in [0.15, 0.2) is 18.2 Å². The summed E-state index contributed by atoms with van der Waals surface area (Å²) >= 11 is 5.59. The number of anilines is 1. The molecule has 0 bridgehead atoms. The third-order valence-corrected chi connectivity index (χ3v) is 3.45. The van der Waals surface area contributed by atoms with E-state index in [1.54, 1.807) is 0 Å². The summed E-state index contributed by atoms with van der Waals surface area (Å²) in [5.74, 6) is -1.94. The SMILES string of the molecule is COC(=O)C1CC(=O)N(c2ccc(Cl)cc2C(F)(F)F)C1. The molecular weight excluding hydrogens is 311 g/mol. The Morgan fingerprint density at radius 3 is 2.67 bits per heavy atom. The summed E-state index contributed by atoms with van der Waals surface area (Å²) in [5, 5.41) is -0.0813. The van der Waals surface area contributed by atoms with E-state index < -0.39 is 29.5 Å². The first-order valence-electron chi connectivity index (χ1n) is 5.99. The van der Waals surface area contributed by atoms with Crippen molar-refractivity contribution >= 4 is 29.2 Å². The number of nitrogens with zero attached hydrogens (tertiary/aromatic N) is 1. The Morgan fingerprint density at radius 1 is 1.43 bits per heavy atom. The van der Waals surface area contributed by atoms with Crippen molar-refractivity contribution in [3.63, 3.8) is 0 Å². The maximum Gasteiger partial charge on any atom is 0.418 e. The van der Waals surface area contributed by atoms with E-state index in [4.69, 9.17) is 11.6 Å². The maximum atomic E-state index is 13.0. The van der Waals surface area contributed by atoms with Crippen LogP contribution in [0.1, 0.15) is 12.0 Å². The van der Waals surface area contributed by atoms with Crippen LogP contribution in [0.5, 0.6) is 0 Å². The number of methoxy groups -OCH3 is 1. The highest BCUT2D eigenvalue weighted by Crippen LogP contribution is 2.40. The number of alkyl halides is 3. The summed E-state index contributed by atoms with van der Waals surface area (Å²) in [7, 11) is 1.17. The molecule has 1 saturated heterocycles. The Kier molecular flexibility index (Phi) is 4.13. The molecule has 1 aromatic rings. The monoisotopic (exact) mass is 321 g/mol. The minimum Gasteiger partial charge on any atom is -0.469 e. The lowest BCUT2D eigenvalue weighted by molar-refractivity contribution is -0.145. The zero-order chi connectivity index (χ0) is 15.8. The van der Waals surface area contributed by atoms with Gasteiger partial charge in [-0.15, -0.1) is 0 Å². The Morgan fingerprint density at radius 2 is 2.10 bits per heavy atom. The molecule has 8 heteroatoms. The number of ether oxygens (including phenoxy) is 1. The number of esters is 1. The minimum atomic E-state index is -4.65. The zero-order valence-electron chi connectivity index (χ0n) is 10.9. The van der Waals surface area contributed by atoms with Gasteiger partial charge in [-0.05, 0) is 18.2 Å². The maximum absolute atomic E-state index is 13.0. The van der Waals surface area contributed by atoms with E-state index in [1.165, 1.54) is 13.2 Å². The van der Waals surface area contributed by atoms with Crippen molar-refractivity contribution < 1.29 is 27.5 Å². The van der Waals surface area contributed by atoms with Crippen molar-refractivity contribution in [3.8, 4) is 0 Å². The molecule has 0 saturated carbocycles. The van der Waals surface area contributed by atoms with Gasteiger partial charge in [0.2, 0.25) is 5.91 Å². The molecule has 4 nitrogen and oxygen atoms in total. The zero-order valence-corrected chi connectivity index (χ0v) is 11.7. The van der Waals surface area contributed by atoms with Gasteiger partial charge in [0, 0.05) is 18.0 Å². The molecule has 1 amide bonds. The second kappa shape index (κ2) is 5.55. The average Bonchev–Trinajstić information content (AvgIpc) is 2.79. The van der Waals surface area contributed by atoms with E-state index in [9.17, 15) is 22.8 Å². The first-order valence-corrected chi connectivity index (χ1v) is 6.36. The first-order chi connectivity index (χ1) is 9.74. The fourth-order valence-electron chi connectivity index (χ4n) is 2.24. The van der Waals surface area contributed by atoms with Crippen LogP contribution in [0.3, 0.4) is 0 Å². The van der Waals surface area contributed by atoms with Crippen LogP contribution in [0, 0.1) is 5.92 Å². The van der Waals surface area contributed by atoms with Gasteiger partial charge in [-0.25, -0.2) is 0 Å². The molecule has 1 fully saturated rings. The van der Waals surface area contributed by atoms with E-state index in [2.05, 4.69) is 4.74 Å². The lowest BCUT2D eigenvalue weighted by Crippen LogP contribution is -2.28. The van der Waals surface area contributed by atoms with Crippen molar-refractivity contribution in [3.05, 3.63) is 28.8 Å². The molecule has 0 spiro atoms. The van der Waals surface area contributed by atoms with Crippen molar-refractivity contribution in [1.29, 1.82) is 0 Å². The predicted octanol–water partition coefficient (Wildman–Crippen LogP) is 2.88. The molecule has 1 unspecified atom stereocenters. The number of halogens is 4. The molecule has 1 heterocycles. The number of benzene rings is 1. The molecule has 114 valence electrons. The van der Waals surface area contributed by atoms with Gasteiger partial charge in [-0.1, -0.05) is 11.6 Å². The Hall–Kier alpha value is -1.76. The number of rotatable bonds is 2. The number of hydrogen-bond acceptors (Lipinski definition) is 3. The quantitative estimate of drug-likeness (QED) is 0.787. The highest BCUT2D eigenvalue weighted by atomic mass is 35.5. The smallest absolute Gasteiger partial charge is 0.418 e. The van der Waals surface area contributed by atoms with Gasteiger partial charge >= 0.3 is 12.1 Å². The van der Waals surface area contributed by atoms with Gasteiger partial charge < -0.3 is 9.64 Å². The molecule has 0 radical (unpaired) electrons. The molecule has 0 N–H and O–H groups in total. The standard InChI is InChI=1S/C13H11ClF3NO3/c1-21-12(20)7-4-11(19)18(6-7)10-3-2-8(14)5-9(10)13(15,16)17/h2-3,5,7H,4,6H2,1H3. The third-order valence-electron chi connectivity index (χ3n) is 3.21. The summed E-state index contributed by atoms with van der Waals surface area (Å²) in [4.78, 5) is 24.3.